The molecule has 2 aromatic rings. The summed E-state index contributed by atoms with van der Waals surface area (Å²) in [5.74, 6) is -1.28. The van der Waals surface area contributed by atoms with Crippen LogP contribution in [0, 0.1) is 12.7 Å². The predicted octanol–water partition coefficient (Wildman–Crippen LogP) is 4.35. The van der Waals surface area contributed by atoms with Crippen LogP contribution in [-0.2, 0) is 6.54 Å². The molecule has 0 atom stereocenters. The summed E-state index contributed by atoms with van der Waals surface area (Å²) in [5, 5.41) is 3.02. The van der Waals surface area contributed by atoms with Crippen LogP contribution in [-0.4, -0.2) is 6.61 Å². The molecule has 0 aromatic heterocycles. The van der Waals surface area contributed by atoms with Gasteiger partial charge in [0.25, 0.3) is 0 Å². The van der Waals surface area contributed by atoms with E-state index in [9.17, 15) is 13.2 Å². The van der Waals surface area contributed by atoms with Crippen LogP contribution in [0.25, 0.3) is 0 Å². The van der Waals surface area contributed by atoms with Gasteiger partial charge in [0.15, 0.2) is 11.6 Å². The fourth-order valence-corrected chi connectivity index (χ4v) is 1.71. The summed E-state index contributed by atoms with van der Waals surface area (Å²) in [6.45, 7) is -0.515. The number of anilines is 1. The molecule has 0 aliphatic heterocycles. The average Bonchev–Trinajstić information content (AvgIpc) is 2.40. The van der Waals surface area contributed by atoms with Gasteiger partial charge in [-0.1, -0.05) is 29.8 Å². The highest BCUT2D eigenvalue weighted by molar-refractivity contribution is 5.47. The van der Waals surface area contributed by atoms with Gasteiger partial charge in [0.1, 0.15) is 0 Å². The minimum absolute atomic E-state index is 0.458. The SMILES string of the molecule is Cc1ccc(CNc2ccc(OC(F)F)c(F)c2)cc1. The van der Waals surface area contributed by atoms with E-state index in [0.717, 1.165) is 17.2 Å². The van der Waals surface area contributed by atoms with Gasteiger partial charge in [0.2, 0.25) is 0 Å². The van der Waals surface area contributed by atoms with Gasteiger partial charge >= 0.3 is 6.61 Å². The smallest absolute Gasteiger partial charge is 0.387 e. The van der Waals surface area contributed by atoms with Gasteiger partial charge in [-0.3, -0.25) is 0 Å². The summed E-state index contributed by atoms with van der Waals surface area (Å²) < 4.78 is 41.5. The van der Waals surface area contributed by atoms with Crippen molar-refractivity contribution in [3.63, 3.8) is 0 Å². The Labute approximate surface area is 115 Å². The van der Waals surface area contributed by atoms with Crippen molar-refractivity contribution >= 4 is 5.69 Å². The number of nitrogens with one attached hydrogen (secondary N) is 1. The van der Waals surface area contributed by atoms with Crippen LogP contribution in [0.15, 0.2) is 42.5 Å². The van der Waals surface area contributed by atoms with E-state index in [4.69, 9.17) is 0 Å². The second-order valence-electron chi connectivity index (χ2n) is 4.36. The van der Waals surface area contributed by atoms with Gasteiger partial charge in [-0.2, -0.15) is 8.78 Å². The van der Waals surface area contributed by atoms with E-state index in [2.05, 4.69) is 10.1 Å². The third kappa shape index (κ3) is 3.91. The minimum Gasteiger partial charge on any atom is -0.432 e. The maximum atomic E-state index is 13.5. The van der Waals surface area contributed by atoms with Gasteiger partial charge in [-0.05, 0) is 24.6 Å². The highest BCUT2D eigenvalue weighted by Gasteiger charge is 2.10. The molecule has 1 N–H and O–H groups in total. The van der Waals surface area contributed by atoms with E-state index >= 15 is 0 Å². The lowest BCUT2D eigenvalue weighted by Crippen LogP contribution is -2.05. The zero-order valence-electron chi connectivity index (χ0n) is 10.9. The summed E-state index contributed by atoms with van der Waals surface area (Å²) in [6.07, 6.45) is 0. The third-order valence-corrected chi connectivity index (χ3v) is 2.77. The second-order valence-corrected chi connectivity index (χ2v) is 4.36. The standard InChI is InChI=1S/C15H14F3NO/c1-10-2-4-11(5-3-10)9-19-12-6-7-14(13(16)8-12)20-15(17)18/h2-8,15,19H,9H2,1H3. The molecule has 2 nitrogen and oxygen atoms in total. The van der Waals surface area contributed by atoms with Crippen molar-refractivity contribution in [2.75, 3.05) is 5.32 Å². The molecule has 0 saturated carbocycles. The summed E-state index contributed by atoms with van der Waals surface area (Å²) in [5.41, 5.74) is 2.71. The molecule has 5 heteroatoms. The first kappa shape index (κ1) is 14.2. The Kier molecular flexibility index (Phi) is 4.50. The van der Waals surface area contributed by atoms with E-state index in [-0.39, 0.29) is 0 Å². The van der Waals surface area contributed by atoms with Crippen molar-refractivity contribution in [1.29, 1.82) is 0 Å². The molecule has 0 bridgehead atoms. The number of rotatable bonds is 5. The molecule has 0 aliphatic rings. The Bertz CT molecular complexity index is 570. The van der Waals surface area contributed by atoms with Crippen LogP contribution in [0.4, 0.5) is 18.9 Å². The fourth-order valence-electron chi connectivity index (χ4n) is 1.71. The first-order valence-corrected chi connectivity index (χ1v) is 6.08. The van der Waals surface area contributed by atoms with E-state index in [1.807, 2.05) is 31.2 Å². The van der Waals surface area contributed by atoms with Crippen LogP contribution in [0.1, 0.15) is 11.1 Å². The zero-order chi connectivity index (χ0) is 14.5. The average molecular weight is 281 g/mol. The molecule has 2 aromatic carbocycles. The minimum atomic E-state index is -3.03. The van der Waals surface area contributed by atoms with Gasteiger partial charge in [0, 0.05) is 18.3 Å². The fraction of sp³-hybridized carbons (Fsp3) is 0.200. The lowest BCUT2D eigenvalue weighted by atomic mass is 10.1. The Morgan fingerprint density at radius 3 is 2.40 bits per heavy atom. The zero-order valence-corrected chi connectivity index (χ0v) is 10.9. The summed E-state index contributed by atoms with van der Waals surface area (Å²) >= 11 is 0. The van der Waals surface area contributed by atoms with E-state index in [0.29, 0.717) is 12.2 Å². The molecule has 0 radical (unpaired) electrons. The van der Waals surface area contributed by atoms with E-state index < -0.39 is 18.2 Å². The Morgan fingerprint density at radius 2 is 1.80 bits per heavy atom. The molecular weight excluding hydrogens is 267 g/mol. The maximum Gasteiger partial charge on any atom is 0.387 e. The van der Waals surface area contributed by atoms with E-state index in [1.165, 1.54) is 12.1 Å². The quantitative estimate of drug-likeness (QED) is 0.879. The largest absolute Gasteiger partial charge is 0.432 e. The highest BCUT2D eigenvalue weighted by atomic mass is 19.3. The van der Waals surface area contributed by atoms with Crippen molar-refractivity contribution in [3.05, 3.63) is 59.4 Å². The molecule has 2 rings (SSSR count). The van der Waals surface area contributed by atoms with Gasteiger partial charge in [-0.15, -0.1) is 0 Å². The lowest BCUT2D eigenvalue weighted by Gasteiger charge is -2.10. The topological polar surface area (TPSA) is 21.3 Å². The number of aryl methyl sites for hydroxylation is 1. The number of halogens is 3. The van der Waals surface area contributed by atoms with Crippen molar-refractivity contribution in [3.8, 4) is 5.75 Å². The first-order valence-electron chi connectivity index (χ1n) is 6.08. The van der Waals surface area contributed by atoms with Crippen LogP contribution >= 0.6 is 0 Å². The van der Waals surface area contributed by atoms with Crippen molar-refractivity contribution < 1.29 is 17.9 Å². The predicted molar refractivity (Wildman–Crippen MR) is 71.5 cm³/mol. The molecule has 0 aliphatic carbocycles. The summed E-state index contributed by atoms with van der Waals surface area (Å²) in [6, 6.07) is 11.7. The highest BCUT2D eigenvalue weighted by Crippen LogP contribution is 2.23. The van der Waals surface area contributed by atoms with Crippen LogP contribution in [0.5, 0.6) is 5.75 Å². The number of ether oxygens (including phenoxy) is 1. The number of hydrogen-bond donors (Lipinski definition) is 1. The lowest BCUT2D eigenvalue weighted by molar-refractivity contribution is -0.0521. The monoisotopic (exact) mass is 281 g/mol. The van der Waals surface area contributed by atoms with Crippen molar-refractivity contribution in [2.45, 2.75) is 20.1 Å². The molecule has 0 unspecified atom stereocenters. The molecular formula is C15H14F3NO. The summed E-state index contributed by atoms with van der Waals surface area (Å²) in [7, 11) is 0. The molecule has 0 saturated heterocycles. The van der Waals surface area contributed by atoms with Gasteiger partial charge in [-0.25, -0.2) is 4.39 Å². The third-order valence-electron chi connectivity index (χ3n) is 2.77. The first-order chi connectivity index (χ1) is 9.54. The van der Waals surface area contributed by atoms with Crippen molar-refractivity contribution in [2.24, 2.45) is 0 Å². The number of hydrogen-bond acceptors (Lipinski definition) is 2. The van der Waals surface area contributed by atoms with Gasteiger partial charge in [0.05, 0.1) is 0 Å². The Hall–Kier alpha value is -2.17. The Morgan fingerprint density at radius 1 is 1.10 bits per heavy atom. The molecule has 106 valence electrons. The molecule has 0 spiro atoms. The molecule has 20 heavy (non-hydrogen) atoms. The van der Waals surface area contributed by atoms with E-state index in [1.54, 1.807) is 0 Å². The van der Waals surface area contributed by atoms with Crippen LogP contribution in [0.2, 0.25) is 0 Å². The summed E-state index contributed by atoms with van der Waals surface area (Å²) in [4.78, 5) is 0. The molecule has 0 amide bonds. The van der Waals surface area contributed by atoms with Crippen molar-refractivity contribution in [1.82, 2.24) is 0 Å². The second kappa shape index (κ2) is 6.32. The normalized spacial score (nSPS) is 10.7. The Balaban J connectivity index is 1.99. The number of benzene rings is 2. The van der Waals surface area contributed by atoms with Crippen LogP contribution < -0.4 is 10.1 Å². The van der Waals surface area contributed by atoms with Gasteiger partial charge < -0.3 is 10.1 Å². The maximum absolute atomic E-state index is 13.5. The molecule has 0 fully saturated rings. The molecule has 0 heterocycles. The number of alkyl halides is 2. The van der Waals surface area contributed by atoms with Crippen LogP contribution in [0.3, 0.4) is 0 Å².